The number of hydrogen-bond acceptors (Lipinski definition) is 3. The van der Waals surface area contributed by atoms with Crippen LogP contribution in [0.25, 0.3) is 0 Å². The Labute approximate surface area is 105 Å². The topological polar surface area (TPSA) is 41.6 Å². The Bertz CT molecular complexity index is 246. The van der Waals surface area contributed by atoms with Gasteiger partial charge in [-0.15, -0.1) is 0 Å². The molecule has 0 saturated carbocycles. The predicted octanol–water partition coefficient (Wildman–Crippen LogP) is 1.75. The lowest BCUT2D eigenvalue weighted by atomic mass is 10.1. The number of ether oxygens (including phenoxy) is 1. The molecule has 1 aliphatic rings. The van der Waals surface area contributed by atoms with Crippen molar-refractivity contribution in [1.82, 2.24) is 10.2 Å². The molecule has 3 atom stereocenters. The summed E-state index contributed by atoms with van der Waals surface area (Å²) < 4.78 is 5.42. The lowest BCUT2D eigenvalue weighted by Crippen LogP contribution is -2.45. The normalized spacial score (nSPS) is 26.6. The highest BCUT2D eigenvalue weighted by molar-refractivity contribution is 5.84. The summed E-state index contributed by atoms with van der Waals surface area (Å²) in [5, 5.41) is 3.42. The molecule has 0 radical (unpaired) electrons. The van der Waals surface area contributed by atoms with Gasteiger partial charge in [0.2, 0.25) is 5.91 Å². The highest BCUT2D eigenvalue weighted by Gasteiger charge is 2.39. The number of nitrogens with zero attached hydrogens (tertiary/aromatic N) is 1. The van der Waals surface area contributed by atoms with Crippen molar-refractivity contribution in [1.29, 1.82) is 0 Å². The number of rotatable bonds is 7. The van der Waals surface area contributed by atoms with Crippen molar-refractivity contribution in [3.63, 3.8) is 0 Å². The van der Waals surface area contributed by atoms with Crippen LogP contribution in [-0.4, -0.2) is 42.3 Å². The first-order chi connectivity index (χ1) is 8.15. The van der Waals surface area contributed by atoms with Gasteiger partial charge in [0.15, 0.2) is 0 Å². The summed E-state index contributed by atoms with van der Waals surface area (Å²) in [7, 11) is 0. The fourth-order valence-electron chi connectivity index (χ4n) is 2.42. The van der Waals surface area contributed by atoms with Crippen molar-refractivity contribution in [2.45, 2.75) is 65.2 Å². The minimum absolute atomic E-state index is 0.00836. The summed E-state index contributed by atoms with van der Waals surface area (Å²) in [4.78, 5) is 14.2. The van der Waals surface area contributed by atoms with Crippen LogP contribution in [0.4, 0.5) is 0 Å². The molecule has 1 N–H and O–H groups in total. The fraction of sp³-hybridized carbons (Fsp3) is 0.923. The maximum absolute atomic E-state index is 12.3. The number of nitrogens with one attached hydrogen (secondary N) is 1. The van der Waals surface area contributed by atoms with Crippen LogP contribution >= 0.6 is 0 Å². The van der Waals surface area contributed by atoms with Gasteiger partial charge in [-0.1, -0.05) is 20.3 Å². The van der Waals surface area contributed by atoms with Crippen LogP contribution in [0, 0.1) is 0 Å². The Kier molecular flexibility index (Phi) is 5.92. The van der Waals surface area contributed by atoms with E-state index in [2.05, 4.69) is 26.1 Å². The molecule has 1 aliphatic heterocycles. The van der Waals surface area contributed by atoms with Crippen molar-refractivity contribution in [3.8, 4) is 0 Å². The number of amides is 1. The molecular weight excluding hydrogens is 216 g/mol. The molecule has 4 heteroatoms. The number of carbonyl (C=O) groups excluding carboxylic acids is 1. The van der Waals surface area contributed by atoms with Gasteiger partial charge in [-0.05, 0) is 26.7 Å². The van der Waals surface area contributed by atoms with E-state index in [0.717, 1.165) is 19.3 Å². The molecular formula is C13H26N2O2. The molecule has 1 saturated heterocycles. The van der Waals surface area contributed by atoms with Crippen molar-refractivity contribution < 1.29 is 9.53 Å². The molecule has 17 heavy (non-hydrogen) atoms. The Balaban J connectivity index is 2.64. The Morgan fingerprint density at radius 2 is 2.12 bits per heavy atom. The van der Waals surface area contributed by atoms with Gasteiger partial charge in [-0.2, -0.15) is 0 Å². The number of hydrogen-bond donors (Lipinski definition) is 1. The van der Waals surface area contributed by atoms with Crippen LogP contribution in [0.2, 0.25) is 0 Å². The summed E-state index contributed by atoms with van der Waals surface area (Å²) in [6, 6.07) is 0.163. The van der Waals surface area contributed by atoms with Gasteiger partial charge in [-0.25, -0.2) is 0 Å². The quantitative estimate of drug-likeness (QED) is 0.739. The molecule has 0 spiro atoms. The van der Waals surface area contributed by atoms with Gasteiger partial charge in [-0.3, -0.25) is 10.1 Å². The number of carbonyl (C=O) groups is 1. The predicted molar refractivity (Wildman–Crippen MR) is 68.7 cm³/mol. The van der Waals surface area contributed by atoms with Crippen LogP contribution in [0.1, 0.15) is 47.0 Å². The largest absolute Gasteiger partial charge is 0.380 e. The van der Waals surface area contributed by atoms with Crippen molar-refractivity contribution in [3.05, 3.63) is 0 Å². The average molecular weight is 242 g/mol. The molecule has 1 heterocycles. The summed E-state index contributed by atoms with van der Waals surface area (Å²) in [5.41, 5.74) is 0. The Morgan fingerprint density at radius 3 is 2.65 bits per heavy atom. The third-order valence-corrected chi connectivity index (χ3v) is 3.28. The molecule has 0 aliphatic carbocycles. The van der Waals surface area contributed by atoms with Crippen LogP contribution in [-0.2, 0) is 9.53 Å². The first-order valence-electron chi connectivity index (χ1n) is 6.81. The first-order valence-corrected chi connectivity index (χ1v) is 6.81. The van der Waals surface area contributed by atoms with Crippen LogP contribution in [0.15, 0.2) is 0 Å². The molecule has 1 fully saturated rings. The van der Waals surface area contributed by atoms with E-state index in [-0.39, 0.29) is 24.2 Å². The van der Waals surface area contributed by atoms with Crippen molar-refractivity contribution in [2.75, 3.05) is 13.2 Å². The maximum Gasteiger partial charge on any atom is 0.241 e. The third kappa shape index (κ3) is 3.42. The monoisotopic (exact) mass is 242 g/mol. The maximum atomic E-state index is 12.3. The van der Waals surface area contributed by atoms with E-state index < -0.39 is 0 Å². The second-order valence-corrected chi connectivity index (χ2v) is 4.69. The standard InChI is InChI=1S/C13H26N2O2/c1-5-8-11-13(16)15(12(6-2)14-11)10(4)9-17-7-3/h10-12,14H,5-9H2,1-4H3. The third-order valence-electron chi connectivity index (χ3n) is 3.28. The van der Waals surface area contributed by atoms with Gasteiger partial charge in [0, 0.05) is 6.61 Å². The average Bonchev–Trinajstić information content (AvgIpc) is 2.64. The smallest absolute Gasteiger partial charge is 0.241 e. The van der Waals surface area contributed by atoms with E-state index in [4.69, 9.17) is 4.74 Å². The van der Waals surface area contributed by atoms with Crippen molar-refractivity contribution >= 4 is 5.91 Å². The van der Waals surface area contributed by atoms with Gasteiger partial charge in [0.05, 0.1) is 24.9 Å². The van der Waals surface area contributed by atoms with Gasteiger partial charge in [0.1, 0.15) is 0 Å². The lowest BCUT2D eigenvalue weighted by molar-refractivity contribution is -0.133. The highest BCUT2D eigenvalue weighted by Crippen LogP contribution is 2.19. The summed E-state index contributed by atoms with van der Waals surface area (Å²) in [6.07, 6.45) is 3.08. The van der Waals surface area contributed by atoms with Crippen LogP contribution < -0.4 is 5.32 Å². The fourth-order valence-corrected chi connectivity index (χ4v) is 2.42. The SMILES string of the molecule is CCCC1NC(CC)N(C(C)COCC)C1=O. The van der Waals surface area contributed by atoms with Crippen LogP contribution in [0.5, 0.6) is 0 Å². The Morgan fingerprint density at radius 1 is 1.41 bits per heavy atom. The summed E-state index contributed by atoms with van der Waals surface area (Å²) in [6.45, 7) is 9.59. The van der Waals surface area contributed by atoms with E-state index in [0.29, 0.717) is 13.2 Å². The molecule has 4 nitrogen and oxygen atoms in total. The first kappa shape index (κ1) is 14.5. The lowest BCUT2D eigenvalue weighted by Gasteiger charge is -2.29. The highest BCUT2D eigenvalue weighted by atomic mass is 16.5. The summed E-state index contributed by atoms with van der Waals surface area (Å²) >= 11 is 0. The summed E-state index contributed by atoms with van der Waals surface area (Å²) in [5.74, 6) is 0.242. The van der Waals surface area contributed by atoms with E-state index in [1.807, 2.05) is 11.8 Å². The zero-order valence-corrected chi connectivity index (χ0v) is 11.5. The van der Waals surface area contributed by atoms with E-state index >= 15 is 0 Å². The van der Waals surface area contributed by atoms with E-state index in [9.17, 15) is 4.79 Å². The van der Waals surface area contributed by atoms with Gasteiger partial charge >= 0.3 is 0 Å². The Hall–Kier alpha value is -0.610. The zero-order chi connectivity index (χ0) is 12.8. The minimum atomic E-state index is 0.00836. The molecule has 0 aromatic heterocycles. The molecule has 100 valence electrons. The van der Waals surface area contributed by atoms with Crippen molar-refractivity contribution in [2.24, 2.45) is 0 Å². The molecule has 0 aromatic carbocycles. The van der Waals surface area contributed by atoms with Gasteiger partial charge < -0.3 is 9.64 Å². The molecule has 1 rings (SSSR count). The second kappa shape index (κ2) is 6.97. The molecule has 0 bridgehead atoms. The second-order valence-electron chi connectivity index (χ2n) is 4.69. The zero-order valence-electron chi connectivity index (χ0n) is 11.5. The molecule has 0 aromatic rings. The van der Waals surface area contributed by atoms with Gasteiger partial charge in [0.25, 0.3) is 0 Å². The van der Waals surface area contributed by atoms with Crippen LogP contribution in [0.3, 0.4) is 0 Å². The minimum Gasteiger partial charge on any atom is -0.380 e. The van der Waals surface area contributed by atoms with E-state index in [1.165, 1.54) is 0 Å². The molecule has 1 amide bonds. The van der Waals surface area contributed by atoms with E-state index in [1.54, 1.807) is 0 Å². The molecule has 3 unspecified atom stereocenters.